The van der Waals surface area contributed by atoms with E-state index < -0.39 is 16.9 Å². The lowest BCUT2D eigenvalue weighted by Gasteiger charge is -2.14. The second-order valence-corrected chi connectivity index (χ2v) is 7.15. The van der Waals surface area contributed by atoms with Gasteiger partial charge in [-0.25, -0.2) is 14.4 Å². The lowest BCUT2D eigenvalue weighted by atomic mass is 10.0. The number of aromatic nitrogens is 4. The van der Waals surface area contributed by atoms with Gasteiger partial charge >= 0.3 is 0 Å². The van der Waals surface area contributed by atoms with Crippen molar-refractivity contribution < 1.29 is 4.39 Å². The van der Waals surface area contributed by atoms with Crippen molar-refractivity contribution in [1.82, 2.24) is 18.7 Å². The van der Waals surface area contributed by atoms with Crippen molar-refractivity contribution in [2.24, 2.45) is 0 Å². The van der Waals surface area contributed by atoms with Crippen LogP contribution < -0.4 is 16.9 Å². The standard InChI is InChI=1S/C17H12FN5O2S/c18-13-9(8-4-20-6-21-5-8)3-10-11(7-1-2-7)14-12(16(24)22-26-14)17(25)23(10)15(13)19/h3-7H,1-2,19H2,(H,22,24). The normalized spacial score (nSPS) is 14.3. The largest absolute Gasteiger partial charge is 0.382 e. The summed E-state index contributed by atoms with van der Waals surface area (Å²) in [6.45, 7) is 0. The third-order valence-corrected chi connectivity index (χ3v) is 5.63. The van der Waals surface area contributed by atoms with E-state index >= 15 is 0 Å². The van der Waals surface area contributed by atoms with Crippen LogP contribution in [0, 0.1) is 5.82 Å². The monoisotopic (exact) mass is 369 g/mol. The number of nitrogens with one attached hydrogen (secondary N) is 1. The number of pyridine rings is 2. The summed E-state index contributed by atoms with van der Waals surface area (Å²) in [5.41, 5.74) is 7.02. The number of hydrogen-bond donors (Lipinski definition) is 2. The average molecular weight is 369 g/mol. The van der Waals surface area contributed by atoms with Gasteiger partial charge in [-0.15, -0.1) is 0 Å². The molecule has 130 valence electrons. The number of nitrogens with zero attached hydrogens (tertiary/aromatic N) is 3. The minimum absolute atomic E-state index is 0.0382. The lowest BCUT2D eigenvalue weighted by Crippen LogP contribution is -2.23. The fourth-order valence-electron chi connectivity index (χ4n) is 3.38. The molecule has 0 amide bonds. The maximum atomic E-state index is 14.9. The van der Waals surface area contributed by atoms with Crippen LogP contribution in [0.2, 0.25) is 0 Å². The van der Waals surface area contributed by atoms with Crippen molar-refractivity contribution in [2.75, 3.05) is 5.73 Å². The number of nitrogens with two attached hydrogens (primary N) is 1. The predicted molar refractivity (Wildman–Crippen MR) is 97.0 cm³/mol. The molecule has 0 radical (unpaired) electrons. The van der Waals surface area contributed by atoms with Crippen LogP contribution in [0.5, 0.6) is 0 Å². The number of rotatable bonds is 2. The first-order chi connectivity index (χ1) is 12.6. The van der Waals surface area contributed by atoms with Gasteiger partial charge in [0.25, 0.3) is 11.1 Å². The molecule has 5 rings (SSSR count). The van der Waals surface area contributed by atoms with Gasteiger partial charge in [0, 0.05) is 23.5 Å². The molecule has 26 heavy (non-hydrogen) atoms. The van der Waals surface area contributed by atoms with Gasteiger partial charge in [0.15, 0.2) is 5.82 Å². The number of fused-ring (bicyclic) bond motifs is 2. The van der Waals surface area contributed by atoms with Crippen LogP contribution in [0.15, 0.2) is 34.4 Å². The molecule has 0 aliphatic heterocycles. The van der Waals surface area contributed by atoms with Crippen molar-refractivity contribution in [3.05, 3.63) is 56.9 Å². The summed E-state index contributed by atoms with van der Waals surface area (Å²) in [5.74, 6) is -0.827. The zero-order chi connectivity index (χ0) is 18.0. The van der Waals surface area contributed by atoms with Crippen LogP contribution in [0.25, 0.3) is 26.7 Å². The Balaban J connectivity index is 2.01. The van der Waals surface area contributed by atoms with Crippen LogP contribution in [-0.2, 0) is 0 Å². The van der Waals surface area contributed by atoms with Gasteiger partial charge in [-0.1, -0.05) is 11.5 Å². The number of aromatic amines is 1. The highest BCUT2D eigenvalue weighted by Gasteiger charge is 2.31. The maximum Gasteiger partial charge on any atom is 0.271 e. The van der Waals surface area contributed by atoms with Crippen molar-refractivity contribution in [1.29, 1.82) is 0 Å². The Bertz CT molecular complexity index is 1300. The number of hydrogen-bond acceptors (Lipinski definition) is 6. The maximum absolute atomic E-state index is 14.9. The van der Waals surface area contributed by atoms with E-state index in [0.29, 0.717) is 15.8 Å². The third-order valence-electron chi connectivity index (χ3n) is 4.72. The summed E-state index contributed by atoms with van der Waals surface area (Å²) in [7, 11) is 0. The molecule has 0 aromatic carbocycles. The Hall–Kier alpha value is -3.07. The Kier molecular flexibility index (Phi) is 3.05. The molecule has 0 unspecified atom stereocenters. The molecule has 0 bridgehead atoms. The lowest BCUT2D eigenvalue weighted by molar-refractivity contribution is 0.628. The van der Waals surface area contributed by atoms with Crippen LogP contribution in [-0.4, -0.2) is 18.7 Å². The summed E-state index contributed by atoms with van der Waals surface area (Å²) in [4.78, 5) is 32.8. The zero-order valence-electron chi connectivity index (χ0n) is 13.3. The molecule has 0 spiro atoms. The summed E-state index contributed by atoms with van der Waals surface area (Å²) in [6.07, 6.45) is 6.24. The first-order valence-corrected chi connectivity index (χ1v) is 8.82. The Morgan fingerprint density at radius 3 is 2.69 bits per heavy atom. The molecule has 1 saturated carbocycles. The Labute approximate surface area is 149 Å². The first kappa shape index (κ1) is 15.2. The minimum Gasteiger partial charge on any atom is -0.382 e. The van der Waals surface area contributed by atoms with Crippen LogP contribution >= 0.6 is 11.5 Å². The molecule has 1 fully saturated rings. The summed E-state index contributed by atoms with van der Waals surface area (Å²) < 4.78 is 19.3. The molecule has 4 heterocycles. The van der Waals surface area contributed by atoms with E-state index in [1.807, 2.05) is 0 Å². The van der Waals surface area contributed by atoms with Crippen molar-refractivity contribution in [3.63, 3.8) is 0 Å². The molecular weight excluding hydrogens is 357 g/mol. The van der Waals surface area contributed by atoms with Crippen molar-refractivity contribution in [2.45, 2.75) is 18.8 Å². The number of anilines is 1. The molecular formula is C17H12FN5O2S. The summed E-state index contributed by atoms with van der Waals surface area (Å²) in [6, 6.07) is 1.60. The Morgan fingerprint density at radius 2 is 2.00 bits per heavy atom. The minimum atomic E-state index is -0.734. The van der Waals surface area contributed by atoms with E-state index in [4.69, 9.17) is 5.73 Å². The Morgan fingerprint density at radius 1 is 1.27 bits per heavy atom. The second-order valence-electron chi connectivity index (χ2n) is 6.34. The molecule has 0 saturated heterocycles. The van der Waals surface area contributed by atoms with Gasteiger partial charge in [-0.3, -0.25) is 18.4 Å². The number of H-pyrrole nitrogens is 1. The highest BCUT2D eigenvalue weighted by atomic mass is 32.1. The van der Waals surface area contributed by atoms with Crippen LogP contribution in [0.3, 0.4) is 0 Å². The summed E-state index contributed by atoms with van der Waals surface area (Å²) in [5, 5.41) is 0.0382. The van der Waals surface area contributed by atoms with Gasteiger partial charge in [-0.2, -0.15) is 0 Å². The predicted octanol–water partition coefficient (Wildman–Crippen LogP) is 2.26. The van der Waals surface area contributed by atoms with Crippen LogP contribution in [0.4, 0.5) is 10.2 Å². The van der Waals surface area contributed by atoms with Gasteiger partial charge in [-0.05, 0) is 30.4 Å². The second kappa shape index (κ2) is 5.21. The molecule has 7 nitrogen and oxygen atoms in total. The van der Waals surface area contributed by atoms with E-state index in [9.17, 15) is 14.0 Å². The molecule has 1 aliphatic rings. The number of nitrogen functional groups attached to an aromatic ring is 1. The van der Waals surface area contributed by atoms with Gasteiger partial charge in [0.2, 0.25) is 0 Å². The molecule has 0 atom stereocenters. The van der Waals surface area contributed by atoms with Crippen molar-refractivity contribution >= 4 is 33.0 Å². The molecule has 9 heteroatoms. The highest BCUT2D eigenvalue weighted by molar-refractivity contribution is 7.13. The fraction of sp³-hybridized carbons (Fsp3) is 0.176. The average Bonchev–Trinajstić information content (AvgIpc) is 3.41. The van der Waals surface area contributed by atoms with E-state index in [1.165, 1.54) is 18.7 Å². The van der Waals surface area contributed by atoms with Gasteiger partial charge in [0.05, 0.1) is 10.2 Å². The van der Waals surface area contributed by atoms with Gasteiger partial charge in [0.1, 0.15) is 17.5 Å². The third kappa shape index (κ3) is 1.97. The van der Waals surface area contributed by atoms with E-state index in [2.05, 4.69) is 14.3 Å². The quantitative estimate of drug-likeness (QED) is 0.564. The molecule has 3 N–H and O–H groups in total. The first-order valence-electron chi connectivity index (χ1n) is 8.01. The van der Waals surface area contributed by atoms with E-state index in [0.717, 1.165) is 34.3 Å². The van der Waals surface area contributed by atoms with Crippen molar-refractivity contribution in [3.8, 4) is 11.1 Å². The zero-order valence-corrected chi connectivity index (χ0v) is 14.1. The summed E-state index contributed by atoms with van der Waals surface area (Å²) >= 11 is 1.14. The smallest absolute Gasteiger partial charge is 0.271 e. The van der Waals surface area contributed by atoms with E-state index in [-0.39, 0.29) is 22.7 Å². The number of halogens is 1. The van der Waals surface area contributed by atoms with E-state index in [1.54, 1.807) is 6.07 Å². The highest BCUT2D eigenvalue weighted by Crippen LogP contribution is 2.46. The molecule has 4 aromatic rings. The SMILES string of the molecule is Nc1c(F)c(-c2cncnc2)cc2c(C3CC3)c3s[nH]c(=O)c3c(=O)n12. The van der Waals surface area contributed by atoms with Crippen LogP contribution in [0.1, 0.15) is 24.3 Å². The van der Waals surface area contributed by atoms with Gasteiger partial charge < -0.3 is 5.73 Å². The molecule has 4 aromatic heterocycles. The topological polar surface area (TPSA) is 106 Å². The molecule has 1 aliphatic carbocycles. The fourth-order valence-corrected chi connectivity index (χ4v) is 4.34.